The van der Waals surface area contributed by atoms with E-state index in [9.17, 15) is 9.59 Å². The lowest BCUT2D eigenvalue weighted by molar-refractivity contribution is -0.145. The van der Waals surface area contributed by atoms with Crippen molar-refractivity contribution < 1.29 is 9.59 Å². The smallest absolute Gasteiger partial charge is 0.224 e. The first-order valence-corrected chi connectivity index (χ1v) is 8.24. The van der Waals surface area contributed by atoms with Gasteiger partial charge in [-0.2, -0.15) is 0 Å². The van der Waals surface area contributed by atoms with Crippen molar-refractivity contribution in [3.05, 3.63) is 0 Å². The van der Waals surface area contributed by atoms with Crippen LogP contribution >= 0.6 is 0 Å². The highest BCUT2D eigenvalue weighted by Crippen LogP contribution is 2.49. The number of nitrogens with one attached hydrogen (secondary N) is 2. The fraction of sp³-hybridized carbons (Fsp3) is 0.875. The minimum atomic E-state index is -0.0918. The topological polar surface area (TPSA) is 58.2 Å². The molecule has 2 bridgehead atoms. The minimum Gasteiger partial charge on any atom is -0.356 e. The van der Waals surface area contributed by atoms with E-state index in [1.165, 1.54) is 0 Å². The van der Waals surface area contributed by atoms with Crippen molar-refractivity contribution in [3.8, 4) is 0 Å². The fourth-order valence-corrected chi connectivity index (χ4v) is 3.94. The molecule has 2 N–H and O–H groups in total. The van der Waals surface area contributed by atoms with Gasteiger partial charge in [-0.25, -0.2) is 0 Å². The number of carbonyl (C=O) groups is 2. The molecule has 4 nitrogen and oxygen atoms in total. The van der Waals surface area contributed by atoms with E-state index in [1.54, 1.807) is 0 Å². The first kappa shape index (κ1) is 15.3. The number of fused-ring (bicyclic) bond motifs is 3. The Hall–Kier alpha value is -1.06. The van der Waals surface area contributed by atoms with E-state index in [-0.39, 0.29) is 23.7 Å². The summed E-state index contributed by atoms with van der Waals surface area (Å²) >= 11 is 0. The number of hydrogen-bond donors (Lipinski definition) is 2. The van der Waals surface area contributed by atoms with E-state index in [2.05, 4.69) is 24.5 Å². The lowest BCUT2D eigenvalue weighted by Crippen LogP contribution is -2.53. The molecule has 3 fully saturated rings. The maximum absolute atomic E-state index is 12.4. The molecule has 0 saturated heterocycles. The molecule has 0 aromatic heterocycles. The van der Waals surface area contributed by atoms with E-state index < -0.39 is 0 Å². The Morgan fingerprint density at radius 1 is 0.800 bits per heavy atom. The number of amides is 2. The van der Waals surface area contributed by atoms with Gasteiger partial charge in [0, 0.05) is 13.1 Å². The summed E-state index contributed by atoms with van der Waals surface area (Å²) in [6.07, 6.45) is 6.36. The summed E-state index contributed by atoms with van der Waals surface area (Å²) < 4.78 is 0. The van der Waals surface area contributed by atoms with Crippen LogP contribution in [0.15, 0.2) is 0 Å². The summed E-state index contributed by atoms with van der Waals surface area (Å²) in [5, 5.41) is 6.02. The second-order valence-corrected chi connectivity index (χ2v) is 6.31. The molecule has 0 aromatic rings. The molecule has 3 aliphatic carbocycles. The molecular weight excluding hydrogens is 252 g/mol. The Kier molecular flexibility index (Phi) is 5.44. The fourth-order valence-electron chi connectivity index (χ4n) is 3.94. The zero-order chi connectivity index (χ0) is 14.5. The van der Waals surface area contributed by atoms with Gasteiger partial charge >= 0.3 is 0 Å². The molecule has 4 heteroatoms. The SMILES string of the molecule is CCCNC(=O)[C@@H]1C2CCC(CC2)[C@@H]1C(=O)NCCC. The molecule has 2 atom stereocenters. The first-order chi connectivity index (χ1) is 9.69. The van der Waals surface area contributed by atoms with Crippen molar-refractivity contribution in [1.29, 1.82) is 0 Å². The van der Waals surface area contributed by atoms with E-state index in [4.69, 9.17) is 0 Å². The molecule has 0 spiro atoms. The second kappa shape index (κ2) is 7.09. The van der Waals surface area contributed by atoms with Crippen LogP contribution in [0.2, 0.25) is 0 Å². The molecule has 3 aliphatic rings. The number of rotatable bonds is 6. The summed E-state index contributed by atoms with van der Waals surface area (Å²) in [5.41, 5.74) is 0. The molecule has 3 saturated carbocycles. The van der Waals surface area contributed by atoms with Gasteiger partial charge in [0.25, 0.3) is 0 Å². The van der Waals surface area contributed by atoms with Gasteiger partial charge in [0.2, 0.25) is 11.8 Å². The average molecular weight is 280 g/mol. The van der Waals surface area contributed by atoms with Crippen LogP contribution in [0.5, 0.6) is 0 Å². The van der Waals surface area contributed by atoms with Gasteiger partial charge in [0.05, 0.1) is 11.8 Å². The molecular formula is C16H28N2O2. The van der Waals surface area contributed by atoms with Crippen LogP contribution < -0.4 is 10.6 Å². The zero-order valence-corrected chi connectivity index (χ0v) is 12.8. The van der Waals surface area contributed by atoms with Crippen molar-refractivity contribution in [1.82, 2.24) is 10.6 Å². The highest BCUT2D eigenvalue weighted by atomic mass is 16.2. The van der Waals surface area contributed by atoms with Gasteiger partial charge in [-0.15, -0.1) is 0 Å². The zero-order valence-electron chi connectivity index (χ0n) is 12.8. The molecule has 0 aliphatic heterocycles. The quantitative estimate of drug-likeness (QED) is 0.782. The van der Waals surface area contributed by atoms with E-state index in [1.807, 2.05) is 0 Å². The normalized spacial score (nSPS) is 31.9. The first-order valence-electron chi connectivity index (χ1n) is 8.24. The molecule has 0 radical (unpaired) electrons. The van der Waals surface area contributed by atoms with Crippen molar-refractivity contribution in [2.75, 3.05) is 13.1 Å². The third-order valence-electron chi connectivity index (χ3n) is 4.92. The third-order valence-corrected chi connectivity index (χ3v) is 4.92. The highest BCUT2D eigenvalue weighted by molar-refractivity contribution is 5.88. The van der Waals surface area contributed by atoms with Gasteiger partial charge in [-0.3, -0.25) is 9.59 Å². The van der Waals surface area contributed by atoms with E-state index in [0.29, 0.717) is 11.8 Å². The third kappa shape index (κ3) is 3.15. The Labute approximate surface area is 122 Å². The van der Waals surface area contributed by atoms with Gasteiger partial charge in [0.15, 0.2) is 0 Å². The molecule has 2 amide bonds. The van der Waals surface area contributed by atoms with Crippen molar-refractivity contribution in [3.63, 3.8) is 0 Å². The monoisotopic (exact) mass is 280 g/mol. The van der Waals surface area contributed by atoms with Crippen LogP contribution in [-0.2, 0) is 9.59 Å². The number of carbonyl (C=O) groups excluding carboxylic acids is 2. The standard InChI is InChI=1S/C16H28N2O2/c1-3-9-17-15(19)13-11-5-7-12(8-6-11)14(13)16(20)18-10-4-2/h11-14H,3-10H2,1-2H3,(H,17,19)(H,18,20)/t11?,12?,13-,14+. The maximum Gasteiger partial charge on any atom is 0.224 e. The molecule has 0 unspecified atom stereocenters. The van der Waals surface area contributed by atoms with Gasteiger partial charge < -0.3 is 10.6 Å². The molecule has 0 aromatic carbocycles. The maximum atomic E-state index is 12.4. The van der Waals surface area contributed by atoms with Gasteiger partial charge in [0.1, 0.15) is 0 Å². The lowest BCUT2D eigenvalue weighted by Gasteiger charge is -2.46. The Morgan fingerprint density at radius 3 is 1.45 bits per heavy atom. The van der Waals surface area contributed by atoms with Crippen LogP contribution in [0.1, 0.15) is 52.4 Å². The van der Waals surface area contributed by atoms with E-state index in [0.717, 1.165) is 51.6 Å². The summed E-state index contributed by atoms with van der Waals surface area (Å²) in [5.74, 6) is 0.857. The summed E-state index contributed by atoms with van der Waals surface area (Å²) in [6.45, 7) is 5.55. The lowest BCUT2D eigenvalue weighted by atomic mass is 9.58. The second-order valence-electron chi connectivity index (χ2n) is 6.31. The number of hydrogen-bond acceptors (Lipinski definition) is 2. The van der Waals surface area contributed by atoms with Gasteiger partial charge in [-0.05, 0) is 50.4 Å². The van der Waals surface area contributed by atoms with Crippen LogP contribution in [0, 0.1) is 23.7 Å². The Bertz CT molecular complexity index is 314. The Balaban J connectivity index is 2.08. The molecule has 0 heterocycles. The average Bonchev–Trinajstić information content (AvgIpc) is 2.50. The van der Waals surface area contributed by atoms with E-state index >= 15 is 0 Å². The highest BCUT2D eigenvalue weighted by Gasteiger charge is 2.49. The largest absolute Gasteiger partial charge is 0.356 e. The Morgan fingerprint density at radius 2 is 1.15 bits per heavy atom. The predicted octanol–water partition coefficient (Wildman–Crippen LogP) is 2.09. The van der Waals surface area contributed by atoms with Crippen LogP contribution in [0.25, 0.3) is 0 Å². The molecule has 114 valence electrons. The van der Waals surface area contributed by atoms with Crippen LogP contribution in [0.3, 0.4) is 0 Å². The summed E-state index contributed by atoms with van der Waals surface area (Å²) in [6, 6.07) is 0. The summed E-state index contributed by atoms with van der Waals surface area (Å²) in [7, 11) is 0. The predicted molar refractivity (Wildman–Crippen MR) is 79.0 cm³/mol. The van der Waals surface area contributed by atoms with Crippen molar-refractivity contribution >= 4 is 11.8 Å². The van der Waals surface area contributed by atoms with Crippen molar-refractivity contribution in [2.45, 2.75) is 52.4 Å². The van der Waals surface area contributed by atoms with Crippen LogP contribution in [-0.4, -0.2) is 24.9 Å². The summed E-state index contributed by atoms with van der Waals surface area (Å²) in [4.78, 5) is 24.9. The van der Waals surface area contributed by atoms with Crippen molar-refractivity contribution in [2.24, 2.45) is 23.7 Å². The molecule has 3 rings (SSSR count). The van der Waals surface area contributed by atoms with Gasteiger partial charge in [-0.1, -0.05) is 13.8 Å². The molecule has 20 heavy (non-hydrogen) atoms. The van der Waals surface area contributed by atoms with Crippen LogP contribution in [0.4, 0.5) is 0 Å². The minimum absolute atomic E-state index is 0.0918.